The monoisotopic (exact) mass is 398 g/mol. The fourth-order valence-electron chi connectivity index (χ4n) is 3.74. The first kappa shape index (κ1) is 24.9. The Morgan fingerprint density at radius 1 is 1.04 bits per heavy atom. The van der Waals surface area contributed by atoms with Crippen LogP contribution in [0.3, 0.4) is 0 Å². The van der Waals surface area contributed by atoms with Crippen LogP contribution in [0, 0.1) is 5.92 Å². The quantitative estimate of drug-likeness (QED) is 0.255. The summed E-state index contributed by atoms with van der Waals surface area (Å²) in [5.74, 6) is -0.120. The lowest BCUT2D eigenvalue weighted by molar-refractivity contribution is -0.150. The van der Waals surface area contributed by atoms with E-state index in [0.29, 0.717) is 12.8 Å². The highest BCUT2D eigenvalue weighted by Crippen LogP contribution is 2.31. The van der Waals surface area contributed by atoms with Crippen molar-refractivity contribution in [2.75, 3.05) is 20.6 Å². The molecule has 0 aromatic heterocycles. The number of nitrogens with two attached hydrogens (primary N) is 1. The van der Waals surface area contributed by atoms with Gasteiger partial charge in [0.2, 0.25) is 0 Å². The molecule has 0 saturated heterocycles. The smallest absolute Gasteiger partial charge is 0.307 e. The van der Waals surface area contributed by atoms with Gasteiger partial charge in [0.15, 0.2) is 6.23 Å². The van der Waals surface area contributed by atoms with Crippen molar-refractivity contribution in [3.63, 3.8) is 0 Å². The number of hydrogen-bond donors (Lipinski definition) is 1. The lowest BCUT2D eigenvalue weighted by atomic mass is 10.0. The molecule has 1 saturated carbocycles. The minimum Gasteiger partial charge on any atom is -0.462 e. The molecule has 1 aliphatic rings. The highest BCUT2D eigenvalue weighted by atomic mass is 16.6. The summed E-state index contributed by atoms with van der Waals surface area (Å²) in [6, 6.07) is 0. The Morgan fingerprint density at radius 2 is 1.75 bits per heavy atom. The van der Waals surface area contributed by atoms with Crippen molar-refractivity contribution in [2.45, 2.75) is 103 Å². The van der Waals surface area contributed by atoms with Crippen LogP contribution in [-0.2, 0) is 19.1 Å². The van der Waals surface area contributed by atoms with E-state index in [1.165, 1.54) is 25.7 Å². The second-order valence-corrected chi connectivity index (χ2v) is 8.49. The molecule has 2 N–H and O–H groups in total. The highest BCUT2D eigenvalue weighted by molar-refractivity contribution is 5.70. The molecule has 6 nitrogen and oxygen atoms in total. The van der Waals surface area contributed by atoms with E-state index in [0.717, 1.165) is 51.5 Å². The Balaban J connectivity index is 2.11. The molecule has 164 valence electrons. The molecule has 0 aromatic rings. The number of nitrogens with zero attached hydrogens (tertiary/aromatic N) is 1. The summed E-state index contributed by atoms with van der Waals surface area (Å²) in [5, 5.41) is 0. The third kappa shape index (κ3) is 12.3. The molecule has 0 aromatic carbocycles. The Labute approximate surface area is 171 Å². The zero-order valence-corrected chi connectivity index (χ0v) is 18.3. The summed E-state index contributed by atoms with van der Waals surface area (Å²) in [5.41, 5.74) is 5.93. The molecular formula is C22H42N2O4. The van der Waals surface area contributed by atoms with E-state index in [9.17, 15) is 9.59 Å². The first-order chi connectivity index (χ1) is 13.4. The van der Waals surface area contributed by atoms with Crippen LogP contribution >= 0.6 is 0 Å². The van der Waals surface area contributed by atoms with Crippen LogP contribution in [0.2, 0.25) is 0 Å². The molecule has 1 fully saturated rings. The van der Waals surface area contributed by atoms with Gasteiger partial charge in [-0.2, -0.15) is 0 Å². The molecule has 0 aliphatic heterocycles. The molecule has 0 bridgehead atoms. The van der Waals surface area contributed by atoms with Crippen LogP contribution in [0.25, 0.3) is 0 Å². The number of ether oxygens (including phenoxy) is 2. The topological polar surface area (TPSA) is 81.9 Å². The normalized spacial score (nSPS) is 20.3. The van der Waals surface area contributed by atoms with Crippen LogP contribution in [0.15, 0.2) is 0 Å². The van der Waals surface area contributed by atoms with Crippen molar-refractivity contribution in [3.05, 3.63) is 0 Å². The molecule has 0 heterocycles. The fourth-order valence-corrected chi connectivity index (χ4v) is 3.74. The van der Waals surface area contributed by atoms with Crippen LogP contribution in [0.4, 0.5) is 0 Å². The van der Waals surface area contributed by atoms with Crippen molar-refractivity contribution in [3.8, 4) is 0 Å². The predicted octanol–water partition coefficient (Wildman–Crippen LogP) is 4.01. The summed E-state index contributed by atoms with van der Waals surface area (Å²) in [7, 11) is 3.98. The van der Waals surface area contributed by atoms with E-state index in [-0.39, 0.29) is 24.0 Å². The summed E-state index contributed by atoms with van der Waals surface area (Å²) in [6.07, 6.45) is 11.5. The first-order valence-electron chi connectivity index (χ1n) is 11.2. The van der Waals surface area contributed by atoms with E-state index < -0.39 is 6.23 Å². The maximum absolute atomic E-state index is 12.1. The lowest BCUT2D eigenvalue weighted by Gasteiger charge is -2.16. The number of unbranched alkanes of at least 4 members (excludes halogenated alkanes) is 5. The number of rotatable bonds is 15. The minimum absolute atomic E-state index is 0.0542. The molecule has 3 unspecified atom stereocenters. The predicted molar refractivity (Wildman–Crippen MR) is 112 cm³/mol. The highest BCUT2D eigenvalue weighted by Gasteiger charge is 2.29. The van der Waals surface area contributed by atoms with Gasteiger partial charge in [-0.1, -0.05) is 39.0 Å². The zero-order chi connectivity index (χ0) is 20.8. The van der Waals surface area contributed by atoms with Crippen LogP contribution in [-0.4, -0.2) is 49.8 Å². The van der Waals surface area contributed by atoms with Crippen molar-refractivity contribution in [1.29, 1.82) is 0 Å². The Morgan fingerprint density at radius 3 is 2.46 bits per heavy atom. The van der Waals surface area contributed by atoms with Crippen molar-refractivity contribution in [1.82, 2.24) is 4.90 Å². The van der Waals surface area contributed by atoms with Gasteiger partial charge >= 0.3 is 11.9 Å². The average Bonchev–Trinajstić information content (AvgIpc) is 3.04. The van der Waals surface area contributed by atoms with Crippen LogP contribution in [0.1, 0.15) is 90.4 Å². The molecule has 1 rings (SSSR count). The maximum atomic E-state index is 12.1. The molecule has 0 radical (unpaired) electrons. The summed E-state index contributed by atoms with van der Waals surface area (Å²) < 4.78 is 10.9. The molecule has 3 atom stereocenters. The maximum Gasteiger partial charge on any atom is 0.307 e. The van der Waals surface area contributed by atoms with Gasteiger partial charge in [-0.05, 0) is 65.1 Å². The van der Waals surface area contributed by atoms with Gasteiger partial charge in [0.25, 0.3) is 0 Å². The van der Waals surface area contributed by atoms with Crippen molar-refractivity contribution < 1.29 is 19.1 Å². The van der Waals surface area contributed by atoms with Crippen molar-refractivity contribution >= 4 is 11.9 Å². The van der Waals surface area contributed by atoms with Gasteiger partial charge in [-0.25, -0.2) is 0 Å². The van der Waals surface area contributed by atoms with Crippen LogP contribution < -0.4 is 5.73 Å². The SMILES string of the molecule is CCCCCCCCC(N)OC(=O)CC1CCC(OC(=O)CCCN(C)C)C1. The largest absolute Gasteiger partial charge is 0.462 e. The summed E-state index contributed by atoms with van der Waals surface area (Å²) in [6.45, 7) is 3.09. The molecule has 28 heavy (non-hydrogen) atoms. The van der Waals surface area contributed by atoms with Gasteiger partial charge in [-0.3, -0.25) is 15.3 Å². The van der Waals surface area contributed by atoms with Gasteiger partial charge in [-0.15, -0.1) is 0 Å². The summed E-state index contributed by atoms with van der Waals surface area (Å²) >= 11 is 0. The van der Waals surface area contributed by atoms with Gasteiger partial charge in [0, 0.05) is 12.8 Å². The van der Waals surface area contributed by atoms with Crippen molar-refractivity contribution in [2.24, 2.45) is 11.7 Å². The zero-order valence-electron chi connectivity index (χ0n) is 18.3. The van der Waals surface area contributed by atoms with E-state index in [1.807, 2.05) is 14.1 Å². The van der Waals surface area contributed by atoms with E-state index >= 15 is 0 Å². The van der Waals surface area contributed by atoms with Gasteiger partial charge in [0.05, 0.1) is 0 Å². The van der Waals surface area contributed by atoms with Gasteiger partial charge < -0.3 is 14.4 Å². The van der Waals surface area contributed by atoms with Crippen LogP contribution in [0.5, 0.6) is 0 Å². The Hall–Kier alpha value is -1.14. The summed E-state index contributed by atoms with van der Waals surface area (Å²) in [4.78, 5) is 26.0. The van der Waals surface area contributed by atoms with E-state index in [1.54, 1.807) is 0 Å². The Bertz CT molecular complexity index is 442. The van der Waals surface area contributed by atoms with E-state index in [2.05, 4.69) is 11.8 Å². The standard InChI is InChI=1S/C22H42N2O4/c1-4-5-6-7-8-9-11-20(23)28-22(26)17-18-13-14-19(16-18)27-21(25)12-10-15-24(2)3/h18-20H,4-17,23H2,1-3H3. The average molecular weight is 399 g/mol. The van der Waals surface area contributed by atoms with E-state index in [4.69, 9.17) is 15.2 Å². The third-order valence-corrected chi connectivity index (χ3v) is 5.36. The number of hydrogen-bond acceptors (Lipinski definition) is 6. The molecule has 1 aliphatic carbocycles. The minimum atomic E-state index is -0.495. The molecule has 0 spiro atoms. The molecule has 0 amide bonds. The second-order valence-electron chi connectivity index (χ2n) is 8.49. The number of esters is 2. The molecular weight excluding hydrogens is 356 g/mol. The number of carbonyl (C=O) groups is 2. The Kier molecular flexibility index (Phi) is 13.2. The fraction of sp³-hybridized carbons (Fsp3) is 0.909. The lowest BCUT2D eigenvalue weighted by Crippen LogP contribution is -2.28. The second kappa shape index (κ2) is 14.8. The first-order valence-corrected chi connectivity index (χ1v) is 11.2. The number of carbonyl (C=O) groups excluding carboxylic acids is 2. The van der Waals surface area contributed by atoms with Gasteiger partial charge in [0.1, 0.15) is 6.10 Å². The third-order valence-electron chi connectivity index (χ3n) is 5.36. The molecule has 6 heteroatoms.